The van der Waals surface area contributed by atoms with Crippen LogP contribution in [-0.4, -0.2) is 57.7 Å². The van der Waals surface area contributed by atoms with Crippen LogP contribution in [0.4, 0.5) is 17.3 Å². The van der Waals surface area contributed by atoms with Crippen molar-refractivity contribution in [2.24, 2.45) is 13.0 Å². The molecule has 194 valence electrons. The van der Waals surface area contributed by atoms with E-state index in [1.807, 2.05) is 12.3 Å². The van der Waals surface area contributed by atoms with E-state index in [-0.39, 0.29) is 17.7 Å². The van der Waals surface area contributed by atoms with E-state index in [0.717, 1.165) is 16.5 Å². The van der Waals surface area contributed by atoms with E-state index in [2.05, 4.69) is 58.2 Å². The predicted octanol–water partition coefficient (Wildman–Crippen LogP) is 4.82. The smallest absolute Gasteiger partial charge is 0.166 e. The topological polar surface area (TPSA) is 106 Å². The first kappa shape index (κ1) is 25.4. The number of sulfone groups is 1. The molecule has 4 aromatic rings. The van der Waals surface area contributed by atoms with Crippen LogP contribution in [0.2, 0.25) is 5.15 Å². The number of halogens is 1. The maximum atomic E-state index is 11.8. The molecule has 2 atom stereocenters. The van der Waals surface area contributed by atoms with Crippen LogP contribution in [0.3, 0.4) is 0 Å². The Morgan fingerprint density at radius 3 is 2.57 bits per heavy atom. The highest BCUT2D eigenvalue weighted by molar-refractivity contribution is 7.90. The van der Waals surface area contributed by atoms with E-state index < -0.39 is 9.84 Å². The summed E-state index contributed by atoms with van der Waals surface area (Å²) in [4.78, 5) is 15.9. The fourth-order valence-corrected chi connectivity index (χ4v) is 6.26. The summed E-state index contributed by atoms with van der Waals surface area (Å²) in [6, 6.07) is 8.26. The molecule has 1 fully saturated rings. The summed E-state index contributed by atoms with van der Waals surface area (Å²) in [6.07, 6.45) is 6.50. The normalized spacial score (nSPS) is 17.9. The Morgan fingerprint density at radius 1 is 1.14 bits per heavy atom. The third-order valence-corrected chi connectivity index (χ3v) is 8.47. The van der Waals surface area contributed by atoms with Crippen molar-refractivity contribution in [3.63, 3.8) is 0 Å². The summed E-state index contributed by atoms with van der Waals surface area (Å²) in [6.45, 7) is 7.15. The molecule has 5 rings (SSSR count). The minimum absolute atomic E-state index is 0.129. The zero-order valence-corrected chi connectivity index (χ0v) is 23.0. The first-order valence-corrected chi connectivity index (χ1v) is 14.6. The number of benzene rings is 1. The van der Waals surface area contributed by atoms with Gasteiger partial charge in [0.1, 0.15) is 26.6 Å². The third kappa shape index (κ3) is 5.00. The molecular weight excluding hydrogens is 510 g/mol. The minimum Gasteiger partial charge on any atom is -0.368 e. The zero-order valence-electron chi connectivity index (χ0n) is 21.5. The van der Waals surface area contributed by atoms with Crippen LogP contribution in [-0.2, 0) is 16.9 Å². The lowest BCUT2D eigenvalue weighted by atomic mass is 9.88. The third-order valence-electron chi connectivity index (χ3n) is 6.98. The molecule has 0 unspecified atom stereocenters. The Hall–Kier alpha value is -3.24. The number of anilines is 3. The van der Waals surface area contributed by atoms with Crippen molar-refractivity contribution in [1.82, 2.24) is 24.7 Å². The Morgan fingerprint density at radius 2 is 1.92 bits per heavy atom. The van der Waals surface area contributed by atoms with Crippen molar-refractivity contribution < 1.29 is 8.42 Å². The van der Waals surface area contributed by atoms with Gasteiger partial charge in [-0.25, -0.2) is 23.4 Å². The van der Waals surface area contributed by atoms with E-state index in [9.17, 15) is 8.42 Å². The molecular formula is C26H30ClN7O2S. The highest BCUT2D eigenvalue weighted by Gasteiger charge is 2.38. The summed E-state index contributed by atoms with van der Waals surface area (Å²) < 4.78 is 25.2. The molecule has 3 aromatic heterocycles. The van der Waals surface area contributed by atoms with E-state index in [4.69, 9.17) is 16.6 Å². The minimum atomic E-state index is -3.01. The lowest BCUT2D eigenvalue weighted by molar-refractivity contribution is 0.342. The standard InChI is InChI=1S/C26H30ClN7O2S/c1-15(2)18-6-7-22(34-13-17(16(34)3)14-37(5,35)36)20-11-29-24(10-19(18)20)31-23-8-9-28-26(32-23)21-12-30-33(4)25(21)27/h6-12,15-17H,13-14H2,1-5H3,(H,28,29,31,32)/t16-,17-/m1/s1. The Balaban J connectivity index is 1.47. The molecule has 11 heteroatoms. The quantitative estimate of drug-likeness (QED) is 0.356. The lowest BCUT2D eigenvalue weighted by Gasteiger charge is -2.48. The lowest BCUT2D eigenvalue weighted by Crippen LogP contribution is -2.57. The van der Waals surface area contributed by atoms with Gasteiger partial charge in [-0.2, -0.15) is 5.10 Å². The molecule has 1 N–H and O–H groups in total. The summed E-state index contributed by atoms with van der Waals surface area (Å²) in [5.74, 6) is 2.40. The summed E-state index contributed by atoms with van der Waals surface area (Å²) >= 11 is 6.33. The van der Waals surface area contributed by atoms with Crippen LogP contribution in [0.25, 0.3) is 22.2 Å². The Bertz CT molecular complexity index is 1590. The SMILES string of the molecule is CC(C)c1ccc(N2C[C@H](CS(C)(=O)=O)[C@H]2C)c2cnc(Nc3ccnc(-c4cnn(C)c4Cl)n3)cc12. The average molecular weight is 540 g/mol. The van der Waals surface area contributed by atoms with Crippen molar-refractivity contribution in [2.75, 3.05) is 28.8 Å². The Labute approximate surface area is 221 Å². The number of nitrogens with zero attached hydrogens (tertiary/aromatic N) is 6. The zero-order chi connectivity index (χ0) is 26.5. The summed E-state index contributed by atoms with van der Waals surface area (Å²) in [7, 11) is -1.25. The van der Waals surface area contributed by atoms with Crippen molar-refractivity contribution in [3.05, 3.63) is 53.6 Å². The molecule has 1 aliphatic rings. The van der Waals surface area contributed by atoms with Crippen molar-refractivity contribution in [3.8, 4) is 11.4 Å². The number of aryl methyl sites for hydroxylation is 1. The van der Waals surface area contributed by atoms with Gasteiger partial charge in [0.15, 0.2) is 5.82 Å². The molecule has 4 heterocycles. The monoisotopic (exact) mass is 539 g/mol. The highest BCUT2D eigenvalue weighted by atomic mass is 35.5. The fraction of sp³-hybridized carbons (Fsp3) is 0.385. The second-order valence-corrected chi connectivity index (χ2v) is 12.6. The molecule has 0 bridgehead atoms. The number of fused-ring (bicyclic) bond motifs is 1. The van der Waals surface area contributed by atoms with E-state index in [1.165, 1.54) is 11.8 Å². The molecule has 9 nitrogen and oxygen atoms in total. The molecule has 1 aliphatic heterocycles. The summed E-state index contributed by atoms with van der Waals surface area (Å²) in [5.41, 5.74) is 2.95. The van der Waals surface area contributed by atoms with Crippen LogP contribution in [0, 0.1) is 5.92 Å². The maximum Gasteiger partial charge on any atom is 0.166 e. The van der Waals surface area contributed by atoms with Gasteiger partial charge in [-0.3, -0.25) is 4.68 Å². The number of hydrogen-bond acceptors (Lipinski definition) is 8. The van der Waals surface area contributed by atoms with Gasteiger partial charge in [0.25, 0.3) is 0 Å². The number of aromatic nitrogens is 5. The van der Waals surface area contributed by atoms with Crippen LogP contribution in [0.1, 0.15) is 32.3 Å². The van der Waals surface area contributed by atoms with E-state index in [1.54, 1.807) is 30.2 Å². The van der Waals surface area contributed by atoms with Crippen LogP contribution in [0.5, 0.6) is 0 Å². The predicted molar refractivity (Wildman–Crippen MR) is 148 cm³/mol. The fourth-order valence-electron chi connectivity index (χ4n) is 4.92. The second-order valence-electron chi connectivity index (χ2n) is 10.1. The average Bonchev–Trinajstić information content (AvgIpc) is 3.18. The van der Waals surface area contributed by atoms with Gasteiger partial charge in [-0.05, 0) is 42.0 Å². The van der Waals surface area contributed by atoms with Crippen LogP contribution < -0.4 is 10.2 Å². The van der Waals surface area contributed by atoms with Crippen molar-refractivity contribution in [1.29, 1.82) is 0 Å². The maximum absolute atomic E-state index is 11.8. The first-order chi connectivity index (χ1) is 17.5. The Kier molecular flexibility index (Phi) is 6.57. The van der Waals surface area contributed by atoms with E-state index >= 15 is 0 Å². The number of hydrogen-bond donors (Lipinski definition) is 1. The number of rotatable bonds is 7. The molecule has 0 spiro atoms. The highest BCUT2D eigenvalue weighted by Crippen LogP contribution is 2.39. The first-order valence-electron chi connectivity index (χ1n) is 12.2. The van der Waals surface area contributed by atoms with Gasteiger partial charge < -0.3 is 10.2 Å². The largest absolute Gasteiger partial charge is 0.368 e. The second kappa shape index (κ2) is 9.57. The molecule has 0 aliphatic carbocycles. The van der Waals surface area contributed by atoms with Crippen molar-refractivity contribution >= 4 is 49.5 Å². The molecule has 37 heavy (non-hydrogen) atoms. The van der Waals surface area contributed by atoms with Crippen LogP contribution in [0.15, 0.2) is 42.9 Å². The van der Waals surface area contributed by atoms with E-state index in [0.29, 0.717) is 40.6 Å². The van der Waals surface area contributed by atoms with Gasteiger partial charge in [-0.15, -0.1) is 0 Å². The number of pyridine rings is 1. The molecule has 1 saturated heterocycles. The molecule has 0 amide bonds. The summed E-state index contributed by atoms with van der Waals surface area (Å²) in [5, 5.41) is 10.1. The van der Waals surface area contributed by atoms with Crippen molar-refractivity contribution in [2.45, 2.75) is 32.7 Å². The molecule has 0 radical (unpaired) electrons. The van der Waals surface area contributed by atoms with Gasteiger partial charge in [0, 0.05) is 55.3 Å². The van der Waals surface area contributed by atoms with Gasteiger partial charge in [-0.1, -0.05) is 31.5 Å². The van der Waals surface area contributed by atoms with Crippen LogP contribution >= 0.6 is 11.6 Å². The number of nitrogens with one attached hydrogen (secondary N) is 1. The molecule has 1 aromatic carbocycles. The van der Waals surface area contributed by atoms with Gasteiger partial charge in [0.2, 0.25) is 0 Å². The van der Waals surface area contributed by atoms with Gasteiger partial charge in [0.05, 0.1) is 17.5 Å². The molecule has 0 saturated carbocycles. The van der Waals surface area contributed by atoms with Gasteiger partial charge >= 0.3 is 0 Å².